The second-order valence-corrected chi connectivity index (χ2v) is 6.54. The molecule has 0 radical (unpaired) electrons. The van der Waals surface area contributed by atoms with Crippen LogP contribution in [0.3, 0.4) is 0 Å². The lowest BCUT2D eigenvalue weighted by Gasteiger charge is -2.12. The number of anilines is 1. The maximum atomic E-state index is 12.7. The predicted octanol–water partition coefficient (Wildman–Crippen LogP) is 5.28. The first-order valence-electron chi connectivity index (χ1n) is 8.96. The fraction of sp³-hybridized carbons (Fsp3) is 0.0909. The lowest BCUT2D eigenvalue weighted by molar-refractivity contribution is -0.137. The number of rotatable bonds is 4. The van der Waals surface area contributed by atoms with Gasteiger partial charge in [0, 0.05) is 23.5 Å². The van der Waals surface area contributed by atoms with E-state index < -0.39 is 17.6 Å². The van der Waals surface area contributed by atoms with Gasteiger partial charge in [0.2, 0.25) is 0 Å². The fourth-order valence-electron chi connectivity index (χ4n) is 3.04. The molecule has 2 heterocycles. The Morgan fingerprint density at radius 1 is 1.07 bits per heavy atom. The molecular formula is C22H16F3N3O2. The molecular weight excluding hydrogens is 395 g/mol. The van der Waals surface area contributed by atoms with E-state index in [4.69, 9.17) is 4.74 Å². The molecule has 5 nitrogen and oxygen atoms in total. The summed E-state index contributed by atoms with van der Waals surface area (Å²) in [4.78, 5) is 17.1. The Labute approximate surface area is 169 Å². The van der Waals surface area contributed by atoms with Gasteiger partial charge in [-0.25, -0.2) is 4.98 Å². The normalized spacial score (nSPS) is 11.5. The minimum Gasteiger partial charge on any atom is -0.495 e. The predicted molar refractivity (Wildman–Crippen MR) is 107 cm³/mol. The number of carbonyl (C=O) groups is 1. The number of benzene rings is 2. The van der Waals surface area contributed by atoms with E-state index in [-0.39, 0.29) is 5.56 Å². The zero-order chi connectivity index (χ0) is 21.3. The number of imidazole rings is 1. The monoisotopic (exact) mass is 411 g/mol. The quantitative estimate of drug-likeness (QED) is 0.497. The van der Waals surface area contributed by atoms with Gasteiger partial charge in [0.25, 0.3) is 5.91 Å². The summed E-state index contributed by atoms with van der Waals surface area (Å²) < 4.78 is 45.4. The van der Waals surface area contributed by atoms with Gasteiger partial charge in [-0.2, -0.15) is 13.2 Å². The number of amides is 1. The van der Waals surface area contributed by atoms with Crippen LogP contribution < -0.4 is 10.1 Å². The number of methoxy groups -OCH3 is 1. The van der Waals surface area contributed by atoms with Crippen molar-refractivity contribution in [3.05, 3.63) is 84.2 Å². The van der Waals surface area contributed by atoms with Crippen LogP contribution in [0.15, 0.2) is 73.1 Å². The van der Waals surface area contributed by atoms with E-state index in [1.807, 2.05) is 41.1 Å². The van der Waals surface area contributed by atoms with E-state index in [0.717, 1.165) is 35.5 Å². The molecule has 0 spiro atoms. The number of hydrogen-bond donors (Lipinski definition) is 1. The molecule has 0 aliphatic rings. The van der Waals surface area contributed by atoms with Gasteiger partial charge in [0.15, 0.2) is 0 Å². The fourth-order valence-corrected chi connectivity index (χ4v) is 3.04. The van der Waals surface area contributed by atoms with Crippen LogP contribution >= 0.6 is 0 Å². The highest BCUT2D eigenvalue weighted by Crippen LogP contribution is 2.32. The van der Waals surface area contributed by atoms with Crippen molar-refractivity contribution in [3.8, 4) is 17.0 Å². The first-order chi connectivity index (χ1) is 14.3. The third-order valence-electron chi connectivity index (χ3n) is 4.58. The highest BCUT2D eigenvalue weighted by Gasteiger charge is 2.30. The van der Waals surface area contributed by atoms with E-state index in [0.29, 0.717) is 17.1 Å². The molecule has 0 saturated carbocycles. The van der Waals surface area contributed by atoms with E-state index in [1.54, 1.807) is 12.1 Å². The lowest BCUT2D eigenvalue weighted by Crippen LogP contribution is -2.13. The molecule has 4 aromatic rings. The average Bonchev–Trinajstić information content (AvgIpc) is 3.17. The maximum Gasteiger partial charge on any atom is 0.416 e. The molecule has 152 valence electrons. The summed E-state index contributed by atoms with van der Waals surface area (Å²) in [6.07, 6.45) is -0.720. The highest BCUT2D eigenvalue weighted by atomic mass is 19.4. The molecule has 2 aromatic carbocycles. The van der Waals surface area contributed by atoms with Gasteiger partial charge in [-0.3, -0.25) is 4.79 Å². The molecule has 0 aliphatic heterocycles. The van der Waals surface area contributed by atoms with Crippen LogP contribution in [0.2, 0.25) is 0 Å². The minimum absolute atomic E-state index is 0.100. The molecule has 1 amide bonds. The van der Waals surface area contributed by atoms with Crippen molar-refractivity contribution in [2.24, 2.45) is 0 Å². The zero-order valence-electron chi connectivity index (χ0n) is 15.8. The summed E-state index contributed by atoms with van der Waals surface area (Å²) in [6.45, 7) is 0. The lowest BCUT2D eigenvalue weighted by atomic mass is 10.1. The average molecular weight is 411 g/mol. The van der Waals surface area contributed by atoms with Crippen molar-refractivity contribution in [1.29, 1.82) is 0 Å². The van der Waals surface area contributed by atoms with Gasteiger partial charge in [-0.1, -0.05) is 6.07 Å². The maximum absolute atomic E-state index is 12.7. The summed E-state index contributed by atoms with van der Waals surface area (Å²) >= 11 is 0. The molecule has 0 fully saturated rings. The first-order valence-corrected chi connectivity index (χ1v) is 8.96. The van der Waals surface area contributed by atoms with E-state index in [2.05, 4.69) is 10.3 Å². The molecule has 2 aromatic heterocycles. The van der Waals surface area contributed by atoms with Crippen LogP contribution in [0.25, 0.3) is 16.9 Å². The Morgan fingerprint density at radius 3 is 2.50 bits per heavy atom. The van der Waals surface area contributed by atoms with Crippen LogP contribution in [0.1, 0.15) is 15.9 Å². The SMILES string of the molecule is COc1ccc(-c2cn3ccccc3n2)cc1NC(=O)c1ccc(C(F)(F)F)cc1. The number of halogens is 3. The van der Waals surface area contributed by atoms with Gasteiger partial charge in [-0.05, 0) is 54.6 Å². The number of alkyl halides is 3. The molecule has 8 heteroatoms. The summed E-state index contributed by atoms with van der Waals surface area (Å²) in [6, 6.07) is 14.9. The number of aromatic nitrogens is 2. The van der Waals surface area contributed by atoms with Crippen LogP contribution in [0.4, 0.5) is 18.9 Å². The summed E-state index contributed by atoms with van der Waals surface area (Å²) in [5.41, 5.74) is 1.90. The number of fused-ring (bicyclic) bond motifs is 1. The molecule has 0 atom stereocenters. The number of nitrogens with zero attached hydrogens (tertiary/aromatic N) is 2. The standard InChI is InChI=1S/C22H16F3N3O2/c1-30-19-10-7-15(18-13-28-11-3-2-4-20(28)26-18)12-17(19)27-21(29)14-5-8-16(9-6-14)22(23,24)25/h2-13H,1H3,(H,27,29). The van der Waals surface area contributed by atoms with Crippen molar-refractivity contribution in [1.82, 2.24) is 9.38 Å². The largest absolute Gasteiger partial charge is 0.495 e. The molecule has 0 unspecified atom stereocenters. The summed E-state index contributed by atoms with van der Waals surface area (Å²) in [5.74, 6) is -0.128. The van der Waals surface area contributed by atoms with Crippen LogP contribution in [-0.4, -0.2) is 22.4 Å². The van der Waals surface area contributed by atoms with Crippen molar-refractivity contribution >= 4 is 17.2 Å². The Hall–Kier alpha value is -3.81. The Kier molecular flexibility index (Phi) is 4.91. The van der Waals surface area contributed by atoms with E-state index in [9.17, 15) is 18.0 Å². The minimum atomic E-state index is -4.46. The number of carbonyl (C=O) groups excluding carboxylic acids is 1. The molecule has 0 saturated heterocycles. The molecule has 1 N–H and O–H groups in total. The van der Waals surface area contributed by atoms with Crippen LogP contribution in [-0.2, 0) is 6.18 Å². The van der Waals surface area contributed by atoms with Crippen LogP contribution in [0, 0.1) is 0 Å². The Balaban J connectivity index is 1.63. The Morgan fingerprint density at radius 2 is 1.83 bits per heavy atom. The second kappa shape index (κ2) is 7.55. The van der Waals surface area contributed by atoms with Crippen molar-refractivity contribution < 1.29 is 22.7 Å². The second-order valence-electron chi connectivity index (χ2n) is 6.54. The molecule has 30 heavy (non-hydrogen) atoms. The smallest absolute Gasteiger partial charge is 0.416 e. The zero-order valence-corrected chi connectivity index (χ0v) is 15.8. The third-order valence-corrected chi connectivity index (χ3v) is 4.58. The Bertz CT molecular complexity index is 1180. The number of hydrogen-bond acceptors (Lipinski definition) is 3. The van der Waals surface area contributed by atoms with Crippen molar-refractivity contribution in [3.63, 3.8) is 0 Å². The van der Waals surface area contributed by atoms with Gasteiger partial charge in [-0.15, -0.1) is 0 Å². The topological polar surface area (TPSA) is 55.6 Å². The number of ether oxygens (including phenoxy) is 1. The van der Waals surface area contributed by atoms with Gasteiger partial charge >= 0.3 is 6.18 Å². The summed E-state index contributed by atoms with van der Waals surface area (Å²) in [5, 5.41) is 2.70. The third kappa shape index (κ3) is 3.84. The molecule has 0 bridgehead atoms. The van der Waals surface area contributed by atoms with Gasteiger partial charge in [0.1, 0.15) is 11.4 Å². The van der Waals surface area contributed by atoms with Crippen LogP contribution in [0.5, 0.6) is 5.75 Å². The summed E-state index contributed by atoms with van der Waals surface area (Å²) in [7, 11) is 1.47. The van der Waals surface area contributed by atoms with E-state index >= 15 is 0 Å². The molecule has 0 aliphatic carbocycles. The van der Waals surface area contributed by atoms with Crippen molar-refractivity contribution in [2.45, 2.75) is 6.18 Å². The van der Waals surface area contributed by atoms with E-state index in [1.165, 1.54) is 7.11 Å². The molecule has 4 rings (SSSR count). The number of pyridine rings is 1. The van der Waals surface area contributed by atoms with Crippen molar-refractivity contribution in [2.75, 3.05) is 12.4 Å². The first kappa shape index (κ1) is 19.5. The highest BCUT2D eigenvalue weighted by molar-refractivity contribution is 6.05. The number of nitrogens with one attached hydrogen (secondary N) is 1. The van der Waals surface area contributed by atoms with Gasteiger partial charge < -0.3 is 14.5 Å². The van der Waals surface area contributed by atoms with Gasteiger partial charge in [0.05, 0.1) is 24.1 Å².